The van der Waals surface area contributed by atoms with Crippen molar-refractivity contribution in [2.75, 3.05) is 13.2 Å². The summed E-state index contributed by atoms with van der Waals surface area (Å²) in [6, 6.07) is -0.265. The lowest BCUT2D eigenvalue weighted by molar-refractivity contribution is -0.228. The molecule has 0 saturated carbocycles. The quantitative estimate of drug-likeness (QED) is 0.686. The standard InChI is InChI=1S/C10H18F3NO3/c1-6-8(17-4-3-14-6)9(2,16)5-7(15)10(11,12)13/h6-8,14-16H,3-5H2,1-2H3. The lowest BCUT2D eigenvalue weighted by atomic mass is 9.87. The Bertz CT molecular complexity index is 258. The molecule has 17 heavy (non-hydrogen) atoms. The topological polar surface area (TPSA) is 61.7 Å². The highest BCUT2D eigenvalue weighted by Gasteiger charge is 2.47. The second kappa shape index (κ2) is 5.09. The maximum atomic E-state index is 12.2. The first-order valence-electron chi connectivity index (χ1n) is 5.47. The fourth-order valence-corrected chi connectivity index (χ4v) is 2.07. The molecule has 0 aromatic carbocycles. The Balaban J connectivity index is 2.66. The van der Waals surface area contributed by atoms with Gasteiger partial charge in [-0.1, -0.05) is 0 Å². The molecule has 0 aromatic heterocycles. The molecular weight excluding hydrogens is 239 g/mol. The molecule has 4 nitrogen and oxygen atoms in total. The minimum atomic E-state index is -4.73. The van der Waals surface area contributed by atoms with Gasteiger partial charge in [0, 0.05) is 19.0 Å². The van der Waals surface area contributed by atoms with Crippen LogP contribution in [-0.2, 0) is 4.74 Å². The fraction of sp³-hybridized carbons (Fsp3) is 1.00. The van der Waals surface area contributed by atoms with E-state index in [9.17, 15) is 18.3 Å². The highest BCUT2D eigenvalue weighted by Crippen LogP contribution is 2.30. The van der Waals surface area contributed by atoms with Gasteiger partial charge in [-0.3, -0.25) is 0 Å². The molecule has 1 heterocycles. The number of hydrogen-bond acceptors (Lipinski definition) is 4. The van der Waals surface area contributed by atoms with Crippen LogP contribution in [0.15, 0.2) is 0 Å². The van der Waals surface area contributed by atoms with Gasteiger partial charge in [0.2, 0.25) is 0 Å². The highest BCUT2D eigenvalue weighted by atomic mass is 19.4. The Morgan fingerprint density at radius 1 is 1.47 bits per heavy atom. The Morgan fingerprint density at radius 3 is 2.53 bits per heavy atom. The van der Waals surface area contributed by atoms with Gasteiger partial charge < -0.3 is 20.3 Å². The summed E-state index contributed by atoms with van der Waals surface area (Å²) in [4.78, 5) is 0. The van der Waals surface area contributed by atoms with Crippen LogP contribution in [0.5, 0.6) is 0 Å². The normalized spacial score (nSPS) is 31.9. The first kappa shape index (κ1) is 14.7. The monoisotopic (exact) mass is 257 g/mol. The number of hydrogen-bond donors (Lipinski definition) is 3. The van der Waals surface area contributed by atoms with E-state index in [1.165, 1.54) is 6.92 Å². The third-order valence-electron chi connectivity index (χ3n) is 2.92. The van der Waals surface area contributed by atoms with Crippen molar-refractivity contribution in [3.63, 3.8) is 0 Å². The van der Waals surface area contributed by atoms with Crippen molar-refractivity contribution in [3.05, 3.63) is 0 Å². The van der Waals surface area contributed by atoms with Gasteiger partial charge in [-0.25, -0.2) is 0 Å². The minimum absolute atomic E-state index is 0.265. The van der Waals surface area contributed by atoms with E-state index in [4.69, 9.17) is 9.84 Å². The summed E-state index contributed by atoms with van der Waals surface area (Å²) in [6.07, 6.45) is -8.84. The van der Waals surface area contributed by atoms with Crippen LogP contribution in [0.3, 0.4) is 0 Å². The van der Waals surface area contributed by atoms with Gasteiger partial charge in [0.1, 0.15) is 6.10 Å². The van der Waals surface area contributed by atoms with E-state index in [0.717, 1.165) is 0 Å². The molecular formula is C10H18F3NO3. The van der Waals surface area contributed by atoms with Crippen molar-refractivity contribution in [2.24, 2.45) is 0 Å². The average Bonchev–Trinajstić information content (AvgIpc) is 2.15. The summed E-state index contributed by atoms with van der Waals surface area (Å²) in [5, 5.41) is 22.0. The van der Waals surface area contributed by atoms with Gasteiger partial charge in [0.25, 0.3) is 0 Å². The molecule has 4 unspecified atom stereocenters. The Morgan fingerprint density at radius 2 is 2.06 bits per heavy atom. The minimum Gasteiger partial charge on any atom is -0.387 e. The summed E-state index contributed by atoms with van der Waals surface area (Å²) in [7, 11) is 0. The number of halogens is 3. The van der Waals surface area contributed by atoms with E-state index in [1.807, 2.05) is 0 Å². The lowest BCUT2D eigenvalue weighted by Crippen LogP contribution is -2.58. The molecule has 102 valence electrons. The van der Waals surface area contributed by atoms with Crippen molar-refractivity contribution >= 4 is 0 Å². The van der Waals surface area contributed by atoms with Gasteiger partial charge in [-0.15, -0.1) is 0 Å². The molecule has 1 fully saturated rings. The number of ether oxygens (including phenoxy) is 1. The molecule has 7 heteroatoms. The molecule has 0 aliphatic carbocycles. The molecule has 0 radical (unpaired) electrons. The fourth-order valence-electron chi connectivity index (χ4n) is 2.07. The molecule has 1 aliphatic heterocycles. The maximum Gasteiger partial charge on any atom is 0.414 e. The van der Waals surface area contributed by atoms with Crippen molar-refractivity contribution in [1.29, 1.82) is 0 Å². The number of aliphatic hydroxyl groups excluding tert-OH is 1. The van der Waals surface area contributed by atoms with Crippen LogP contribution in [-0.4, -0.2) is 53.4 Å². The van der Waals surface area contributed by atoms with Crippen LogP contribution in [0.4, 0.5) is 13.2 Å². The first-order valence-corrected chi connectivity index (χ1v) is 5.47. The SMILES string of the molecule is CC1NCCOC1C(C)(O)CC(O)C(F)(F)F. The summed E-state index contributed by atoms with van der Waals surface area (Å²) in [6.45, 7) is 3.89. The van der Waals surface area contributed by atoms with E-state index < -0.39 is 30.4 Å². The van der Waals surface area contributed by atoms with Crippen LogP contribution < -0.4 is 5.32 Å². The Hall–Kier alpha value is -0.370. The lowest BCUT2D eigenvalue weighted by Gasteiger charge is -2.41. The third-order valence-corrected chi connectivity index (χ3v) is 2.92. The zero-order chi connectivity index (χ0) is 13.3. The van der Waals surface area contributed by atoms with E-state index in [0.29, 0.717) is 13.2 Å². The van der Waals surface area contributed by atoms with Gasteiger partial charge in [-0.05, 0) is 13.8 Å². The van der Waals surface area contributed by atoms with Crippen LogP contribution in [0.2, 0.25) is 0 Å². The van der Waals surface area contributed by atoms with E-state index in [1.54, 1.807) is 6.92 Å². The average molecular weight is 257 g/mol. The van der Waals surface area contributed by atoms with E-state index in [2.05, 4.69) is 5.32 Å². The number of nitrogens with one attached hydrogen (secondary N) is 1. The van der Waals surface area contributed by atoms with Gasteiger partial charge in [0.15, 0.2) is 6.10 Å². The van der Waals surface area contributed by atoms with Crippen LogP contribution >= 0.6 is 0 Å². The molecule has 4 atom stereocenters. The molecule has 0 bridgehead atoms. The molecule has 0 aromatic rings. The van der Waals surface area contributed by atoms with E-state index >= 15 is 0 Å². The maximum absolute atomic E-state index is 12.2. The second-order valence-electron chi connectivity index (χ2n) is 4.65. The molecule has 3 N–H and O–H groups in total. The van der Waals surface area contributed by atoms with Crippen molar-refractivity contribution in [3.8, 4) is 0 Å². The first-order chi connectivity index (χ1) is 7.64. The smallest absolute Gasteiger partial charge is 0.387 e. The number of alkyl halides is 3. The summed E-state index contributed by atoms with van der Waals surface area (Å²) < 4.78 is 42.0. The summed E-state index contributed by atoms with van der Waals surface area (Å²) in [5.74, 6) is 0. The number of aliphatic hydroxyl groups is 2. The highest BCUT2D eigenvalue weighted by molar-refractivity contribution is 4.94. The van der Waals surface area contributed by atoms with Gasteiger partial charge in [0.05, 0.1) is 12.2 Å². The Kier molecular flexibility index (Phi) is 4.40. The van der Waals surface area contributed by atoms with Gasteiger partial charge >= 0.3 is 6.18 Å². The Labute approximate surface area is 97.8 Å². The molecule has 0 spiro atoms. The van der Waals surface area contributed by atoms with E-state index in [-0.39, 0.29) is 6.04 Å². The largest absolute Gasteiger partial charge is 0.414 e. The van der Waals surface area contributed by atoms with Gasteiger partial charge in [-0.2, -0.15) is 13.2 Å². The number of rotatable bonds is 3. The van der Waals surface area contributed by atoms with Crippen LogP contribution in [0.1, 0.15) is 20.3 Å². The molecule has 1 aliphatic rings. The third kappa shape index (κ3) is 3.80. The van der Waals surface area contributed by atoms with Crippen LogP contribution in [0, 0.1) is 0 Å². The molecule has 1 rings (SSSR count). The summed E-state index contributed by atoms with van der Waals surface area (Å²) >= 11 is 0. The van der Waals surface area contributed by atoms with Crippen molar-refractivity contribution in [1.82, 2.24) is 5.32 Å². The predicted molar refractivity (Wildman–Crippen MR) is 54.5 cm³/mol. The molecule has 0 amide bonds. The van der Waals surface area contributed by atoms with Crippen molar-refractivity contribution < 1.29 is 28.1 Å². The molecule has 1 saturated heterocycles. The zero-order valence-electron chi connectivity index (χ0n) is 9.79. The predicted octanol–water partition coefficient (Wildman–Crippen LogP) is 0.428. The summed E-state index contributed by atoms with van der Waals surface area (Å²) in [5.41, 5.74) is -1.73. The second-order valence-corrected chi connectivity index (χ2v) is 4.65. The van der Waals surface area contributed by atoms with Crippen LogP contribution in [0.25, 0.3) is 0 Å². The van der Waals surface area contributed by atoms with Crippen molar-refractivity contribution in [2.45, 2.75) is 50.3 Å². The zero-order valence-corrected chi connectivity index (χ0v) is 9.79. The number of morpholine rings is 1.